The minimum atomic E-state index is -0.601. The van der Waals surface area contributed by atoms with Crippen molar-refractivity contribution in [2.45, 2.75) is 19.4 Å². The van der Waals surface area contributed by atoms with Gasteiger partial charge in [-0.1, -0.05) is 37.8 Å². The minimum Gasteiger partial charge on any atom is -0.371 e. The van der Waals surface area contributed by atoms with Gasteiger partial charge >= 0.3 is 0 Å². The number of benzene rings is 2. The molecule has 8 heteroatoms. The number of hydrogen-bond donors (Lipinski definition) is 2. The van der Waals surface area contributed by atoms with Gasteiger partial charge in [0, 0.05) is 7.05 Å². The first-order valence-corrected chi connectivity index (χ1v) is 10.3. The predicted molar refractivity (Wildman–Crippen MR) is 125 cm³/mol. The third-order valence-corrected chi connectivity index (χ3v) is 5.19. The van der Waals surface area contributed by atoms with Gasteiger partial charge in [0.25, 0.3) is 5.56 Å². The van der Waals surface area contributed by atoms with Crippen LogP contribution in [0.4, 0.5) is 10.2 Å². The lowest BCUT2D eigenvalue weighted by atomic mass is 10.1. The number of aromatic amines is 1. The van der Waals surface area contributed by atoms with Crippen LogP contribution in [-0.2, 0) is 0 Å². The van der Waals surface area contributed by atoms with Gasteiger partial charge in [-0.3, -0.25) is 14.4 Å². The van der Waals surface area contributed by atoms with Crippen molar-refractivity contribution in [1.82, 2.24) is 19.5 Å². The second kappa shape index (κ2) is 8.97. The van der Waals surface area contributed by atoms with E-state index in [1.807, 2.05) is 25.1 Å². The van der Waals surface area contributed by atoms with E-state index in [2.05, 4.69) is 21.9 Å². The van der Waals surface area contributed by atoms with Crippen molar-refractivity contribution in [2.75, 3.05) is 12.4 Å². The summed E-state index contributed by atoms with van der Waals surface area (Å²) in [5, 5.41) is 2.97. The molecule has 0 bridgehead atoms. The molecule has 32 heavy (non-hydrogen) atoms. The number of fused-ring (bicyclic) bond motifs is 1. The van der Waals surface area contributed by atoms with Gasteiger partial charge in [-0.15, -0.1) is 0 Å². The molecule has 0 amide bonds. The van der Waals surface area contributed by atoms with Crippen LogP contribution >= 0.6 is 0 Å². The van der Waals surface area contributed by atoms with Crippen LogP contribution in [0.15, 0.2) is 77.3 Å². The molecule has 0 aliphatic heterocycles. The summed E-state index contributed by atoms with van der Waals surface area (Å²) in [4.78, 5) is 30.3. The van der Waals surface area contributed by atoms with Crippen LogP contribution in [-0.4, -0.2) is 32.3 Å². The zero-order chi connectivity index (χ0) is 22.7. The lowest BCUT2D eigenvalue weighted by molar-refractivity contribution is 0.616. The number of anilines is 1. The van der Waals surface area contributed by atoms with Gasteiger partial charge in [0.1, 0.15) is 28.8 Å². The van der Waals surface area contributed by atoms with E-state index in [9.17, 15) is 9.18 Å². The number of para-hydroxylation sites is 1. The van der Waals surface area contributed by atoms with E-state index in [4.69, 9.17) is 9.98 Å². The fourth-order valence-corrected chi connectivity index (χ4v) is 3.65. The number of nitrogens with zero attached hydrogens (tertiary/aromatic N) is 4. The largest absolute Gasteiger partial charge is 0.371 e. The van der Waals surface area contributed by atoms with Crippen molar-refractivity contribution in [3.05, 3.63) is 95.2 Å². The Morgan fingerprint density at radius 1 is 1.28 bits per heavy atom. The van der Waals surface area contributed by atoms with Crippen LogP contribution < -0.4 is 10.9 Å². The maximum Gasteiger partial charge on any atom is 0.269 e. The van der Waals surface area contributed by atoms with Crippen LogP contribution in [0.5, 0.6) is 0 Å². The fraction of sp³-hybridized carbons (Fsp3) is 0.167. The average molecular weight is 430 g/mol. The third-order valence-electron chi connectivity index (χ3n) is 5.19. The first-order chi connectivity index (χ1) is 15.6. The normalized spacial score (nSPS) is 12.7. The summed E-state index contributed by atoms with van der Waals surface area (Å²) in [6.45, 7) is 5.84. The zero-order valence-corrected chi connectivity index (χ0v) is 17.8. The Bertz CT molecular complexity index is 1360. The van der Waals surface area contributed by atoms with E-state index in [0.717, 1.165) is 0 Å². The molecule has 1 atom stereocenters. The highest BCUT2D eigenvalue weighted by atomic mass is 19.1. The average Bonchev–Trinajstić information content (AvgIpc) is 3.29. The summed E-state index contributed by atoms with van der Waals surface area (Å²) in [5.74, 6) is 0.454. The SMILES string of the molecule is C=CC(=N[C@@H](CC)c1nc2cccc(F)c2c(=O)n1-c1ccccc1)c1[nH]cnc1NC. The number of rotatable bonds is 7. The molecule has 0 radical (unpaired) electrons. The number of halogens is 1. The van der Waals surface area contributed by atoms with E-state index in [0.29, 0.717) is 40.7 Å². The lowest BCUT2D eigenvalue weighted by Gasteiger charge is -2.19. The Kier molecular flexibility index (Phi) is 5.93. The number of aromatic nitrogens is 4. The zero-order valence-electron chi connectivity index (χ0n) is 17.8. The molecule has 2 aromatic heterocycles. The molecule has 0 saturated heterocycles. The van der Waals surface area contributed by atoms with Gasteiger partial charge in [0.2, 0.25) is 0 Å². The summed E-state index contributed by atoms with van der Waals surface area (Å²) < 4.78 is 16.0. The Balaban J connectivity index is 1.99. The monoisotopic (exact) mass is 430 g/mol. The highest BCUT2D eigenvalue weighted by Gasteiger charge is 2.22. The van der Waals surface area contributed by atoms with Gasteiger partial charge in [-0.2, -0.15) is 0 Å². The van der Waals surface area contributed by atoms with Gasteiger partial charge < -0.3 is 10.3 Å². The standard InChI is InChI=1S/C24H23FN6O/c1-4-17(21-22(26-3)28-14-27-21)29-18(5-2)23-30-19-13-9-12-16(25)20(19)24(32)31(23)15-10-7-6-8-11-15/h4,6-14,18,26H,1,5H2,2-3H3,(H,27,28)/t18-/m0/s1. The molecule has 2 N–H and O–H groups in total. The molecule has 0 aliphatic rings. The van der Waals surface area contributed by atoms with E-state index >= 15 is 0 Å². The van der Waals surface area contributed by atoms with Crippen molar-refractivity contribution < 1.29 is 4.39 Å². The molecule has 2 heterocycles. The molecule has 0 unspecified atom stereocenters. The van der Waals surface area contributed by atoms with Crippen molar-refractivity contribution in [3.63, 3.8) is 0 Å². The first kappa shape index (κ1) is 21.2. The number of H-pyrrole nitrogens is 1. The minimum absolute atomic E-state index is 0.0473. The van der Waals surface area contributed by atoms with E-state index < -0.39 is 17.4 Å². The number of allylic oxidation sites excluding steroid dienone is 1. The van der Waals surface area contributed by atoms with Gasteiger partial charge in [0.15, 0.2) is 5.82 Å². The highest BCUT2D eigenvalue weighted by Crippen LogP contribution is 2.25. The molecule has 0 fully saturated rings. The van der Waals surface area contributed by atoms with Crippen LogP contribution in [0.2, 0.25) is 0 Å². The number of hydrogen-bond acceptors (Lipinski definition) is 5. The second-order valence-corrected chi connectivity index (χ2v) is 7.10. The third kappa shape index (κ3) is 3.71. The maximum absolute atomic E-state index is 14.6. The number of imidazole rings is 1. The molecule has 7 nitrogen and oxygen atoms in total. The molecule has 162 valence electrons. The summed E-state index contributed by atoms with van der Waals surface area (Å²) >= 11 is 0. The summed E-state index contributed by atoms with van der Waals surface area (Å²) in [6, 6.07) is 13.0. The highest BCUT2D eigenvalue weighted by molar-refractivity contribution is 6.10. The molecule has 0 aliphatic carbocycles. The van der Waals surface area contributed by atoms with Crippen molar-refractivity contribution in [3.8, 4) is 5.69 Å². The molecule has 2 aromatic carbocycles. The molecular weight excluding hydrogens is 407 g/mol. The Morgan fingerprint density at radius 2 is 2.06 bits per heavy atom. The number of nitrogens with one attached hydrogen (secondary N) is 2. The summed E-state index contributed by atoms with van der Waals surface area (Å²) in [6.07, 6.45) is 3.75. The summed E-state index contributed by atoms with van der Waals surface area (Å²) in [7, 11) is 1.77. The fourth-order valence-electron chi connectivity index (χ4n) is 3.65. The van der Waals surface area contributed by atoms with Crippen molar-refractivity contribution in [1.29, 1.82) is 0 Å². The van der Waals surface area contributed by atoms with Crippen LogP contribution in [0.1, 0.15) is 30.9 Å². The number of aliphatic imine (C=N–C) groups is 1. The van der Waals surface area contributed by atoms with E-state index in [1.54, 1.807) is 43.7 Å². The molecule has 0 saturated carbocycles. The van der Waals surface area contributed by atoms with Crippen LogP contribution in [0.25, 0.3) is 16.6 Å². The molecular formula is C24H23FN6O. The molecule has 4 aromatic rings. The smallest absolute Gasteiger partial charge is 0.269 e. The molecule has 0 spiro atoms. The van der Waals surface area contributed by atoms with Gasteiger partial charge in [-0.05, 0) is 36.8 Å². The van der Waals surface area contributed by atoms with Crippen LogP contribution in [0, 0.1) is 5.82 Å². The van der Waals surface area contributed by atoms with Gasteiger partial charge in [-0.25, -0.2) is 14.4 Å². The van der Waals surface area contributed by atoms with E-state index in [-0.39, 0.29) is 5.39 Å². The lowest BCUT2D eigenvalue weighted by Crippen LogP contribution is -2.26. The topological polar surface area (TPSA) is 88.0 Å². The summed E-state index contributed by atoms with van der Waals surface area (Å²) in [5.41, 5.74) is 1.67. The Hall–Kier alpha value is -4.07. The Labute approximate surface area is 184 Å². The van der Waals surface area contributed by atoms with Crippen molar-refractivity contribution >= 4 is 22.4 Å². The van der Waals surface area contributed by atoms with Crippen molar-refractivity contribution in [2.24, 2.45) is 4.99 Å². The maximum atomic E-state index is 14.6. The first-order valence-electron chi connectivity index (χ1n) is 10.3. The predicted octanol–water partition coefficient (Wildman–Crippen LogP) is 4.42. The van der Waals surface area contributed by atoms with Gasteiger partial charge in [0.05, 0.1) is 23.2 Å². The quantitative estimate of drug-likeness (QED) is 0.425. The van der Waals surface area contributed by atoms with Crippen LogP contribution in [0.3, 0.4) is 0 Å². The Morgan fingerprint density at radius 3 is 2.75 bits per heavy atom. The van der Waals surface area contributed by atoms with E-state index in [1.165, 1.54) is 10.6 Å². The second-order valence-electron chi connectivity index (χ2n) is 7.10. The molecule has 4 rings (SSSR count).